The van der Waals surface area contributed by atoms with Crippen LogP contribution in [0.4, 0.5) is 0 Å². The van der Waals surface area contributed by atoms with Crippen LogP contribution in [0.2, 0.25) is 0 Å². The lowest BCUT2D eigenvalue weighted by atomic mass is 9.97. The van der Waals surface area contributed by atoms with Crippen molar-refractivity contribution in [2.24, 2.45) is 0 Å². The van der Waals surface area contributed by atoms with Gasteiger partial charge >= 0.3 is 0 Å². The van der Waals surface area contributed by atoms with Crippen LogP contribution in [0.25, 0.3) is 0 Å². The van der Waals surface area contributed by atoms with E-state index in [4.69, 9.17) is 18.9 Å². The second-order valence-electron chi connectivity index (χ2n) is 21.8. The van der Waals surface area contributed by atoms with Crippen molar-refractivity contribution in [3.8, 4) is 0 Å². The molecular formula is C57H111NO15. The largest absolute Gasteiger partial charge is 0.394 e. The summed E-state index contributed by atoms with van der Waals surface area (Å²) in [4.78, 5) is 13.5. The zero-order valence-electron chi connectivity index (χ0n) is 45.9. The minimum atomic E-state index is -1.87. The van der Waals surface area contributed by atoms with Gasteiger partial charge in [0.05, 0.1) is 32.0 Å². The Hall–Kier alpha value is -1.09. The summed E-state index contributed by atoms with van der Waals surface area (Å²) in [7, 11) is 0. The Labute approximate surface area is 441 Å². The number of carbonyl (C=O) groups is 1. The zero-order chi connectivity index (χ0) is 53.5. The molecule has 0 aliphatic carbocycles. The van der Waals surface area contributed by atoms with E-state index in [0.29, 0.717) is 12.8 Å². The van der Waals surface area contributed by atoms with Crippen molar-refractivity contribution < 1.29 is 74.8 Å². The summed E-state index contributed by atoms with van der Waals surface area (Å²) >= 11 is 0. The van der Waals surface area contributed by atoms with E-state index in [1.165, 1.54) is 161 Å². The van der Waals surface area contributed by atoms with Crippen molar-refractivity contribution in [2.75, 3.05) is 19.8 Å². The lowest BCUT2D eigenvalue weighted by molar-refractivity contribution is -0.368. The lowest BCUT2D eigenvalue weighted by Crippen LogP contribution is -2.65. The van der Waals surface area contributed by atoms with Gasteiger partial charge in [0.2, 0.25) is 5.91 Å². The van der Waals surface area contributed by atoms with Gasteiger partial charge < -0.3 is 75.3 Å². The number of rotatable bonds is 48. The average molecular weight is 1050 g/mol. The summed E-state index contributed by atoms with van der Waals surface area (Å²) in [5.74, 6) is -0.771. The topological polar surface area (TPSA) is 268 Å². The Balaban J connectivity index is 1.86. The highest BCUT2D eigenvalue weighted by atomic mass is 16.8. The molecule has 0 saturated carbocycles. The number of hydrogen-bond donors (Lipinski definition) is 11. The van der Waals surface area contributed by atoms with Crippen LogP contribution in [0.3, 0.4) is 0 Å². The Morgan fingerprint density at radius 2 is 0.795 bits per heavy atom. The number of amides is 1. The molecule has 73 heavy (non-hydrogen) atoms. The molecule has 2 rings (SSSR count). The van der Waals surface area contributed by atoms with Gasteiger partial charge in [0.15, 0.2) is 12.6 Å². The lowest BCUT2D eigenvalue weighted by Gasteiger charge is -2.46. The van der Waals surface area contributed by atoms with Gasteiger partial charge in [-0.3, -0.25) is 4.79 Å². The summed E-state index contributed by atoms with van der Waals surface area (Å²) in [6, 6.07) is -1.31. The Bertz CT molecular complexity index is 1270. The second-order valence-corrected chi connectivity index (χ2v) is 21.8. The SMILES string of the molecule is CCCCCCCCCCCCCCCCCCCCCCC[C@@H](O)C(=O)N[C@@H](CO[C@H]1O[C@H](CO)[C@H](O)[C@H](O)[C@H]1OC1O[C@H](CO)[C@H](O)[C@H](O)[C@H]1O)[C@H](O)[C@H](O)CCCCCCCCCCCCCCCC. The molecular weight excluding hydrogens is 939 g/mol. The smallest absolute Gasteiger partial charge is 0.249 e. The van der Waals surface area contributed by atoms with E-state index in [-0.39, 0.29) is 12.8 Å². The molecule has 0 aromatic heterocycles. The van der Waals surface area contributed by atoms with Crippen LogP contribution in [0.15, 0.2) is 0 Å². The van der Waals surface area contributed by atoms with Crippen LogP contribution in [-0.4, -0.2) is 163 Å². The average Bonchev–Trinajstić information content (AvgIpc) is 3.39. The van der Waals surface area contributed by atoms with Crippen molar-refractivity contribution in [1.29, 1.82) is 0 Å². The first kappa shape index (κ1) is 68.0. The van der Waals surface area contributed by atoms with Crippen molar-refractivity contribution in [3.05, 3.63) is 0 Å². The summed E-state index contributed by atoms with van der Waals surface area (Å²) < 4.78 is 23.0. The van der Waals surface area contributed by atoms with Crippen LogP contribution in [-0.2, 0) is 23.7 Å². The Morgan fingerprint density at radius 3 is 1.18 bits per heavy atom. The molecule has 0 aromatic rings. The fourth-order valence-corrected chi connectivity index (χ4v) is 10.3. The number of carbonyl (C=O) groups excluding carboxylic acids is 1. The molecule has 11 N–H and O–H groups in total. The van der Waals surface area contributed by atoms with E-state index >= 15 is 0 Å². The van der Waals surface area contributed by atoms with Gasteiger partial charge in [0.25, 0.3) is 0 Å². The molecule has 16 nitrogen and oxygen atoms in total. The van der Waals surface area contributed by atoms with Crippen LogP contribution in [0, 0.1) is 0 Å². The molecule has 0 aromatic carbocycles. The van der Waals surface area contributed by atoms with Crippen LogP contribution >= 0.6 is 0 Å². The molecule has 0 radical (unpaired) electrons. The second kappa shape index (κ2) is 43.8. The third-order valence-electron chi connectivity index (χ3n) is 15.3. The molecule has 2 heterocycles. The summed E-state index contributed by atoms with van der Waals surface area (Å²) in [6.45, 7) is 2.43. The Morgan fingerprint density at radius 1 is 0.452 bits per heavy atom. The zero-order valence-corrected chi connectivity index (χ0v) is 45.9. The van der Waals surface area contributed by atoms with Gasteiger partial charge in [-0.2, -0.15) is 0 Å². The fraction of sp³-hybridized carbons (Fsp3) is 0.982. The molecule has 2 aliphatic heterocycles. The minimum Gasteiger partial charge on any atom is -0.394 e. The van der Waals surface area contributed by atoms with Crippen molar-refractivity contribution in [3.63, 3.8) is 0 Å². The molecule has 1 amide bonds. The molecule has 2 fully saturated rings. The van der Waals surface area contributed by atoms with E-state index in [1.807, 2.05) is 0 Å². The van der Waals surface area contributed by atoms with E-state index in [0.717, 1.165) is 51.4 Å². The molecule has 434 valence electrons. The molecule has 0 spiro atoms. The monoisotopic (exact) mass is 1050 g/mol. The Kier molecular flexibility index (Phi) is 40.9. The normalized spacial score (nSPS) is 26.2. The predicted octanol–water partition coefficient (Wildman–Crippen LogP) is 7.67. The standard InChI is InChI=1S/C57H111NO15/c1-3-5-7-9-11-13-15-17-19-20-21-22-23-24-25-27-29-31-33-35-37-39-45(62)55(69)58-43(48(63)44(61)38-36-34-32-30-28-26-18-16-14-12-10-8-6-4-2)42-70-57-54(52(67)50(65)47(41-60)72-57)73-56-53(68)51(66)49(64)46(40-59)71-56/h43-54,56-57,59-68H,3-42H2,1-2H3,(H,58,69)/t43-,44+,45+,46+,47+,48-,49-,50-,51-,52-,53+,54+,56?,57-/m0/s1. The minimum absolute atomic E-state index is 0.194. The molecule has 14 atom stereocenters. The summed E-state index contributed by atoms with van der Waals surface area (Å²) in [6.07, 6.45) is 22.0. The molecule has 2 saturated heterocycles. The van der Waals surface area contributed by atoms with Crippen molar-refractivity contribution >= 4 is 5.91 Å². The van der Waals surface area contributed by atoms with E-state index < -0.39 is 111 Å². The maximum absolute atomic E-state index is 13.5. The van der Waals surface area contributed by atoms with E-state index in [1.54, 1.807) is 0 Å². The fourth-order valence-electron chi connectivity index (χ4n) is 10.3. The van der Waals surface area contributed by atoms with Gasteiger partial charge in [-0.15, -0.1) is 0 Å². The first-order valence-electron chi connectivity index (χ1n) is 30.0. The highest BCUT2D eigenvalue weighted by Crippen LogP contribution is 2.30. The number of ether oxygens (including phenoxy) is 4. The number of aliphatic hydroxyl groups excluding tert-OH is 10. The third kappa shape index (κ3) is 29.5. The van der Waals surface area contributed by atoms with Gasteiger partial charge in [0.1, 0.15) is 61.0 Å². The highest BCUT2D eigenvalue weighted by Gasteiger charge is 2.51. The highest BCUT2D eigenvalue weighted by molar-refractivity contribution is 5.80. The van der Waals surface area contributed by atoms with Crippen LogP contribution in [0.5, 0.6) is 0 Å². The number of aliphatic hydroxyl groups is 10. The molecule has 2 aliphatic rings. The van der Waals surface area contributed by atoms with Crippen LogP contribution < -0.4 is 5.32 Å². The van der Waals surface area contributed by atoms with E-state index in [9.17, 15) is 55.9 Å². The van der Waals surface area contributed by atoms with Gasteiger partial charge in [-0.25, -0.2) is 0 Å². The first-order chi connectivity index (χ1) is 35.4. The molecule has 1 unspecified atom stereocenters. The van der Waals surface area contributed by atoms with Crippen molar-refractivity contribution in [1.82, 2.24) is 5.32 Å². The van der Waals surface area contributed by atoms with E-state index in [2.05, 4.69) is 19.2 Å². The van der Waals surface area contributed by atoms with Gasteiger partial charge in [-0.05, 0) is 12.8 Å². The van der Waals surface area contributed by atoms with Gasteiger partial charge in [0, 0.05) is 0 Å². The van der Waals surface area contributed by atoms with Crippen molar-refractivity contribution in [2.45, 2.75) is 337 Å². The summed E-state index contributed by atoms with van der Waals surface area (Å²) in [5, 5.41) is 109. The summed E-state index contributed by atoms with van der Waals surface area (Å²) in [5.41, 5.74) is 0. The number of hydrogen-bond acceptors (Lipinski definition) is 15. The molecule has 16 heteroatoms. The number of nitrogens with one attached hydrogen (secondary N) is 1. The number of unbranched alkanes of at least 4 members (excludes halogenated alkanes) is 33. The third-order valence-corrected chi connectivity index (χ3v) is 15.3. The predicted molar refractivity (Wildman–Crippen MR) is 284 cm³/mol. The quantitative estimate of drug-likeness (QED) is 0.0261. The van der Waals surface area contributed by atoms with Gasteiger partial charge in [-0.1, -0.05) is 239 Å². The maximum Gasteiger partial charge on any atom is 0.249 e. The maximum atomic E-state index is 13.5. The first-order valence-corrected chi connectivity index (χ1v) is 30.0. The molecule has 0 bridgehead atoms. The van der Waals surface area contributed by atoms with Crippen LogP contribution in [0.1, 0.15) is 251 Å².